The minimum atomic E-state index is -0.0289. The fraction of sp³-hybridized carbons (Fsp3) is 0.0968. The van der Waals surface area contributed by atoms with E-state index in [1.807, 2.05) is 0 Å². The molecule has 0 amide bonds. The van der Waals surface area contributed by atoms with Gasteiger partial charge in [-0.3, -0.25) is 0 Å². The molecule has 0 aliphatic heterocycles. The third-order valence-electron chi connectivity index (χ3n) is 7.38. The van der Waals surface area contributed by atoms with E-state index in [9.17, 15) is 0 Å². The number of hydrogen-bond donors (Lipinski definition) is 0. The predicted octanol–water partition coefficient (Wildman–Crippen LogP) is 8.24. The SMILES string of the molecule is CC1(C)c2ccc3ccccc3c2-c2c1ccc1c2c2ccccc2n1-c1ccccc1. The van der Waals surface area contributed by atoms with Crippen molar-refractivity contribution in [2.45, 2.75) is 19.3 Å². The van der Waals surface area contributed by atoms with Crippen LogP contribution in [0.1, 0.15) is 25.0 Å². The summed E-state index contributed by atoms with van der Waals surface area (Å²) in [5.41, 5.74) is 9.37. The van der Waals surface area contributed by atoms with Crippen LogP contribution in [0, 0.1) is 0 Å². The first-order valence-electron chi connectivity index (χ1n) is 11.3. The standard InChI is InChI=1S/C31H23N/c1-31(2)24-17-16-20-10-6-7-13-22(20)28(24)30-25(31)18-19-27-29(30)23-14-8-9-15-26(23)32(27)21-11-4-3-5-12-21/h3-19H,1-2H3. The van der Waals surface area contributed by atoms with E-state index in [1.165, 1.54) is 60.5 Å². The molecule has 0 atom stereocenters. The molecule has 1 aliphatic rings. The van der Waals surface area contributed by atoms with Crippen molar-refractivity contribution in [2.75, 3.05) is 0 Å². The van der Waals surface area contributed by atoms with Crippen LogP contribution in [0.2, 0.25) is 0 Å². The summed E-state index contributed by atoms with van der Waals surface area (Å²) in [6.07, 6.45) is 0. The van der Waals surface area contributed by atoms with Crippen LogP contribution in [-0.4, -0.2) is 4.57 Å². The number of rotatable bonds is 1. The average Bonchev–Trinajstić information content (AvgIpc) is 3.29. The summed E-state index contributed by atoms with van der Waals surface area (Å²) in [6, 6.07) is 37.7. The van der Waals surface area contributed by atoms with Gasteiger partial charge in [0.2, 0.25) is 0 Å². The summed E-state index contributed by atoms with van der Waals surface area (Å²) in [5.74, 6) is 0. The summed E-state index contributed by atoms with van der Waals surface area (Å²) >= 11 is 0. The highest BCUT2D eigenvalue weighted by Crippen LogP contribution is 2.55. The van der Waals surface area contributed by atoms with Crippen LogP contribution in [0.4, 0.5) is 0 Å². The monoisotopic (exact) mass is 409 g/mol. The fourth-order valence-electron chi connectivity index (χ4n) is 5.90. The van der Waals surface area contributed by atoms with Gasteiger partial charge in [-0.05, 0) is 57.3 Å². The van der Waals surface area contributed by atoms with E-state index in [-0.39, 0.29) is 5.41 Å². The summed E-state index contributed by atoms with van der Waals surface area (Å²) in [7, 11) is 0. The van der Waals surface area contributed by atoms with Gasteiger partial charge in [-0.2, -0.15) is 0 Å². The molecule has 0 saturated carbocycles. The topological polar surface area (TPSA) is 4.93 Å². The predicted molar refractivity (Wildman–Crippen MR) is 136 cm³/mol. The minimum absolute atomic E-state index is 0.0289. The summed E-state index contributed by atoms with van der Waals surface area (Å²) in [6.45, 7) is 4.74. The van der Waals surface area contributed by atoms with Gasteiger partial charge in [0.15, 0.2) is 0 Å². The maximum Gasteiger partial charge on any atom is 0.0547 e. The lowest BCUT2D eigenvalue weighted by atomic mass is 9.82. The summed E-state index contributed by atoms with van der Waals surface area (Å²) in [5, 5.41) is 5.34. The van der Waals surface area contributed by atoms with Gasteiger partial charge in [-0.25, -0.2) is 0 Å². The fourth-order valence-corrected chi connectivity index (χ4v) is 5.90. The van der Waals surface area contributed by atoms with Crippen molar-refractivity contribution in [3.8, 4) is 16.8 Å². The third-order valence-corrected chi connectivity index (χ3v) is 7.38. The van der Waals surface area contributed by atoms with Gasteiger partial charge in [0, 0.05) is 21.9 Å². The maximum atomic E-state index is 2.42. The van der Waals surface area contributed by atoms with Gasteiger partial charge in [0.05, 0.1) is 11.0 Å². The zero-order chi connectivity index (χ0) is 21.4. The van der Waals surface area contributed by atoms with Crippen molar-refractivity contribution in [1.29, 1.82) is 0 Å². The highest BCUT2D eigenvalue weighted by molar-refractivity contribution is 6.20. The van der Waals surface area contributed by atoms with Gasteiger partial charge >= 0.3 is 0 Å². The van der Waals surface area contributed by atoms with Crippen LogP contribution >= 0.6 is 0 Å². The van der Waals surface area contributed by atoms with E-state index in [0.29, 0.717) is 0 Å². The quantitative estimate of drug-likeness (QED) is 0.258. The Bertz CT molecular complexity index is 1680. The van der Waals surface area contributed by atoms with Crippen LogP contribution in [0.3, 0.4) is 0 Å². The number of benzene rings is 5. The van der Waals surface area contributed by atoms with Gasteiger partial charge in [0.25, 0.3) is 0 Å². The highest BCUT2D eigenvalue weighted by Gasteiger charge is 2.38. The second-order valence-corrected chi connectivity index (χ2v) is 9.40. The molecule has 1 aliphatic carbocycles. The Hall–Kier alpha value is -3.84. The zero-order valence-corrected chi connectivity index (χ0v) is 18.3. The molecule has 1 aromatic heterocycles. The smallest absolute Gasteiger partial charge is 0.0547 e. The Kier molecular flexibility index (Phi) is 3.40. The average molecular weight is 410 g/mol. The van der Waals surface area contributed by atoms with Crippen molar-refractivity contribution in [3.63, 3.8) is 0 Å². The Balaban J connectivity index is 1.74. The van der Waals surface area contributed by atoms with Gasteiger partial charge in [-0.1, -0.05) is 92.7 Å². The molecule has 7 rings (SSSR count). The van der Waals surface area contributed by atoms with Crippen molar-refractivity contribution >= 4 is 32.6 Å². The van der Waals surface area contributed by atoms with E-state index in [4.69, 9.17) is 0 Å². The first kappa shape index (κ1) is 17.8. The van der Waals surface area contributed by atoms with Crippen molar-refractivity contribution in [1.82, 2.24) is 4.57 Å². The molecular formula is C31H23N. The van der Waals surface area contributed by atoms with Gasteiger partial charge in [-0.15, -0.1) is 0 Å². The first-order chi connectivity index (χ1) is 15.7. The van der Waals surface area contributed by atoms with Crippen molar-refractivity contribution in [3.05, 3.63) is 114 Å². The lowest BCUT2D eigenvalue weighted by molar-refractivity contribution is 0.661. The molecule has 0 radical (unpaired) electrons. The molecule has 0 N–H and O–H groups in total. The molecule has 0 fully saturated rings. The Morgan fingerprint density at radius 1 is 0.531 bits per heavy atom. The van der Waals surface area contributed by atoms with E-state index >= 15 is 0 Å². The lowest BCUT2D eigenvalue weighted by Gasteiger charge is -2.21. The number of aromatic nitrogens is 1. The minimum Gasteiger partial charge on any atom is -0.309 e. The molecule has 0 bridgehead atoms. The summed E-state index contributed by atoms with van der Waals surface area (Å²) in [4.78, 5) is 0. The number of hydrogen-bond acceptors (Lipinski definition) is 0. The lowest BCUT2D eigenvalue weighted by Crippen LogP contribution is -2.14. The molecule has 1 heteroatoms. The van der Waals surface area contributed by atoms with Crippen LogP contribution in [0.25, 0.3) is 49.4 Å². The van der Waals surface area contributed by atoms with Crippen LogP contribution in [0.5, 0.6) is 0 Å². The number of para-hydroxylation sites is 2. The second-order valence-electron chi connectivity index (χ2n) is 9.40. The molecule has 6 aromatic rings. The molecule has 0 saturated heterocycles. The second kappa shape index (κ2) is 6.11. The van der Waals surface area contributed by atoms with Gasteiger partial charge in [0.1, 0.15) is 0 Å². The van der Waals surface area contributed by atoms with Crippen LogP contribution < -0.4 is 0 Å². The Labute approximate surface area is 187 Å². The zero-order valence-electron chi connectivity index (χ0n) is 18.3. The van der Waals surface area contributed by atoms with E-state index in [2.05, 4.69) is 122 Å². The normalized spacial score (nSPS) is 14.2. The molecule has 1 heterocycles. The molecule has 152 valence electrons. The molecular weight excluding hydrogens is 386 g/mol. The van der Waals surface area contributed by atoms with E-state index in [1.54, 1.807) is 0 Å². The Morgan fingerprint density at radius 3 is 2.03 bits per heavy atom. The highest BCUT2D eigenvalue weighted by atomic mass is 15.0. The number of nitrogens with zero attached hydrogens (tertiary/aromatic N) is 1. The van der Waals surface area contributed by atoms with Crippen LogP contribution in [0.15, 0.2) is 103 Å². The van der Waals surface area contributed by atoms with Crippen molar-refractivity contribution < 1.29 is 0 Å². The largest absolute Gasteiger partial charge is 0.309 e. The summed E-state index contributed by atoms with van der Waals surface area (Å²) < 4.78 is 2.42. The molecule has 5 aromatic carbocycles. The van der Waals surface area contributed by atoms with Gasteiger partial charge < -0.3 is 4.57 Å². The van der Waals surface area contributed by atoms with Crippen molar-refractivity contribution in [2.24, 2.45) is 0 Å². The third kappa shape index (κ3) is 2.13. The molecule has 1 nitrogen and oxygen atoms in total. The molecule has 0 spiro atoms. The maximum absolute atomic E-state index is 2.42. The molecule has 0 unspecified atom stereocenters. The van der Waals surface area contributed by atoms with Crippen LogP contribution in [-0.2, 0) is 5.41 Å². The Morgan fingerprint density at radius 2 is 1.19 bits per heavy atom. The van der Waals surface area contributed by atoms with E-state index in [0.717, 1.165) is 0 Å². The number of fused-ring (bicyclic) bond motifs is 9. The molecule has 32 heavy (non-hydrogen) atoms. The van der Waals surface area contributed by atoms with E-state index < -0.39 is 0 Å². The first-order valence-corrected chi connectivity index (χ1v) is 11.3.